The Morgan fingerprint density at radius 3 is 2.41 bits per heavy atom. The van der Waals surface area contributed by atoms with E-state index < -0.39 is 11.8 Å². The summed E-state index contributed by atoms with van der Waals surface area (Å²) >= 11 is 0. The number of hydrogen-bond acceptors (Lipinski definition) is 2. The third kappa shape index (κ3) is 2.85. The van der Waals surface area contributed by atoms with Gasteiger partial charge in [0.2, 0.25) is 11.8 Å². The molecule has 5 heteroatoms. The topological polar surface area (TPSA) is 63.4 Å². The van der Waals surface area contributed by atoms with Gasteiger partial charge in [-0.1, -0.05) is 25.0 Å². The van der Waals surface area contributed by atoms with Crippen molar-refractivity contribution >= 4 is 11.8 Å². The quantitative estimate of drug-likeness (QED) is 0.928. The molecule has 2 amide bonds. The molecule has 0 spiro atoms. The zero-order chi connectivity index (χ0) is 15.7. The van der Waals surface area contributed by atoms with Crippen LogP contribution in [-0.4, -0.2) is 23.3 Å². The van der Waals surface area contributed by atoms with Crippen LogP contribution in [0.3, 0.4) is 0 Å². The lowest BCUT2D eigenvalue weighted by molar-refractivity contribution is -0.131. The van der Waals surface area contributed by atoms with Crippen LogP contribution in [0.2, 0.25) is 0 Å². The third-order valence-electron chi connectivity index (χ3n) is 4.95. The predicted octanol–water partition coefficient (Wildman–Crippen LogP) is 2.39. The lowest BCUT2D eigenvalue weighted by Gasteiger charge is -2.33. The summed E-state index contributed by atoms with van der Waals surface area (Å²) in [7, 11) is 0. The molecule has 1 aromatic carbocycles. The summed E-state index contributed by atoms with van der Waals surface area (Å²) in [4.78, 5) is 25.6. The molecule has 0 aromatic heterocycles. The average Bonchev–Trinajstić information content (AvgIpc) is 3.12. The first-order chi connectivity index (χ1) is 10.6. The summed E-state index contributed by atoms with van der Waals surface area (Å²) < 4.78 is 13.2. The summed E-state index contributed by atoms with van der Waals surface area (Å²) in [5.41, 5.74) is 6.32. The average molecular weight is 304 g/mol. The van der Waals surface area contributed by atoms with E-state index in [2.05, 4.69) is 0 Å². The molecule has 1 saturated carbocycles. The van der Waals surface area contributed by atoms with Gasteiger partial charge >= 0.3 is 0 Å². The molecule has 2 fully saturated rings. The predicted molar refractivity (Wildman–Crippen MR) is 80.1 cm³/mol. The number of likely N-dealkylation sites (tertiary alicyclic amines) is 1. The molecule has 2 unspecified atom stereocenters. The van der Waals surface area contributed by atoms with Gasteiger partial charge in [-0.25, -0.2) is 4.39 Å². The van der Waals surface area contributed by atoms with Crippen LogP contribution in [-0.2, 0) is 9.59 Å². The van der Waals surface area contributed by atoms with Gasteiger partial charge in [-0.05, 0) is 36.5 Å². The van der Waals surface area contributed by atoms with Crippen LogP contribution in [0, 0.1) is 17.7 Å². The van der Waals surface area contributed by atoms with E-state index in [1.54, 1.807) is 17.0 Å². The SMILES string of the molecule is NC(=O)C1CC(=O)N(C(c2ccc(F)cc2)C2CCCC2)C1. The Balaban J connectivity index is 1.90. The summed E-state index contributed by atoms with van der Waals surface area (Å²) in [6, 6.07) is 6.30. The normalized spacial score (nSPS) is 24.0. The summed E-state index contributed by atoms with van der Waals surface area (Å²) in [5.74, 6) is -0.750. The third-order valence-corrected chi connectivity index (χ3v) is 4.95. The molecule has 2 atom stereocenters. The summed E-state index contributed by atoms with van der Waals surface area (Å²) in [6.07, 6.45) is 4.63. The van der Waals surface area contributed by atoms with E-state index in [0.29, 0.717) is 12.5 Å². The van der Waals surface area contributed by atoms with E-state index >= 15 is 0 Å². The maximum Gasteiger partial charge on any atom is 0.223 e. The van der Waals surface area contributed by atoms with Gasteiger partial charge in [-0.2, -0.15) is 0 Å². The summed E-state index contributed by atoms with van der Waals surface area (Å²) in [6.45, 7) is 0.382. The second-order valence-electron chi connectivity index (χ2n) is 6.39. The molecule has 1 aliphatic heterocycles. The molecular weight excluding hydrogens is 283 g/mol. The van der Waals surface area contributed by atoms with Crippen molar-refractivity contribution in [2.24, 2.45) is 17.6 Å². The van der Waals surface area contributed by atoms with Gasteiger partial charge in [-0.3, -0.25) is 9.59 Å². The Kier molecular flexibility index (Phi) is 4.14. The largest absolute Gasteiger partial charge is 0.369 e. The number of carbonyl (C=O) groups is 2. The van der Waals surface area contributed by atoms with E-state index in [0.717, 1.165) is 31.2 Å². The van der Waals surface area contributed by atoms with Crippen LogP contribution in [0.25, 0.3) is 0 Å². The molecule has 4 nitrogen and oxygen atoms in total. The van der Waals surface area contributed by atoms with E-state index in [9.17, 15) is 14.0 Å². The number of nitrogens with two attached hydrogens (primary N) is 1. The number of carbonyl (C=O) groups excluding carboxylic acids is 2. The van der Waals surface area contributed by atoms with Crippen LogP contribution in [0.15, 0.2) is 24.3 Å². The van der Waals surface area contributed by atoms with Crippen molar-refractivity contribution < 1.29 is 14.0 Å². The van der Waals surface area contributed by atoms with Crippen LogP contribution in [0.5, 0.6) is 0 Å². The number of hydrogen-bond donors (Lipinski definition) is 1. The number of halogens is 1. The minimum absolute atomic E-state index is 0.0231. The van der Waals surface area contributed by atoms with Gasteiger partial charge in [0.1, 0.15) is 5.82 Å². The van der Waals surface area contributed by atoms with Gasteiger partial charge in [0.05, 0.1) is 12.0 Å². The van der Waals surface area contributed by atoms with Crippen LogP contribution >= 0.6 is 0 Å². The number of primary amides is 1. The lowest BCUT2D eigenvalue weighted by atomic mass is 9.90. The van der Waals surface area contributed by atoms with Crippen molar-refractivity contribution in [3.8, 4) is 0 Å². The Morgan fingerprint density at radius 2 is 1.86 bits per heavy atom. The smallest absolute Gasteiger partial charge is 0.223 e. The number of amides is 2. The summed E-state index contributed by atoms with van der Waals surface area (Å²) in [5, 5.41) is 0. The zero-order valence-corrected chi connectivity index (χ0v) is 12.5. The highest BCUT2D eigenvalue weighted by atomic mass is 19.1. The molecule has 1 aliphatic carbocycles. The standard InChI is InChI=1S/C17H21FN2O2/c18-14-7-5-12(6-8-14)16(11-3-1-2-4-11)20-10-13(17(19)22)9-15(20)21/h5-8,11,13,16H,1-4,9-10H2,(H2,19,22). The number of benzene rings is 1. The molecule has 0 radical (unpaired) electrons. The van der Waals surface area contributed by atoms with Crippen LogP contribution < -0.4 is 5.73 Å². The molecular formula is C17H21FN2O2. The molecule has 1 heterocycles. The van der Waals surface area contributed by atoms with E-state index in [4.69, 9.17) is 5.73 Å². The monoisotopic (exact) mass is 304 g/mol. The van der Waals surface area contributed by atoms with Crippen molar-refractivity contribution in [3.05, 3.63) is 35.6 Å². The highest BCUT2D eigenvalue weighted by Gasteiger charge is 2.41. The Hall–Kier alpha value is -1.91. The molecule has 3 rings (SSSR count). The van der Waals surface area contributed by atoms with Crippen molar-refractivity contribution in [2.45, 2.75) is 38.1 Å². The molecule has 0 bridgehead atoms. The van der Waals surface area contributed by atoms with Gasteiger partial charge < -0.3 is 10.6 Å². The van der Waals surface area contributed by atoms with Crippen molar-refractivity contribution in [3.63, 3.8) is 0 Å². The number of rotatable bonds is 4. The first-order valence-corrected chi connectivity index (χ1v) is 7.90. The fraction of sp³-hybridized carbons (Fsp3) is 0.529. The Labute approximate surface area is 129 Å². The highest BCUT2D eigenvalue weighted by Crippen LogP contribution is 2.41. The molecule has 2 aliphatic rings. The Bertz CT molecular complexity index is 567. The van der Waals surface area contributed by atoms with E-state index in [-0.39, 0.29) is 24.2 Å². The highest BCUT2D eigenvalue weighted by molar-refractivity contribution is 5.88. The minimum atomic E-state index is -0.417. The van der Waals surface area contributed by atoms with Crippen molar-refractivity contribution in [2.75, 3.05) is 6.54 Å². The second-order valence-corrected chi connectivity index (χ2v) is 6.39. The molecule has 118 valence electrons. The van der Waals surface area contributed by atoms with Crippen LogP contribution in [0.1, 0.15) is 43.7 Å². The molecule has 2 N–H and O–H groups in total. The maximum atomic E-state index is 13.2. The lowest BCUT2D eigenvalue weighted by Crippen LogP contribution is -2.35. The fourth-order valence-corrected chi connectivity index (χ4v) is 3.83. The first-order valence-electron chi connectivity index (χ1n) is 7.90. The van der Waals surface area contributed by atoms with Crippen molar-refractivity contribution in [1.82, 2.24) is 4.90 Å². The Morgan fingerprint density at radius 1 is 1.23 bits per heavy atom. The minimum Gasteiger partial charge on any atom is -0.369 e. The fourth-order valence-electron chi connectivity index (χ4n) is 3.83. The van der Waals surface area contributed by atoms with Crippen molar-refractivity contribution in [1.29, 1.82) is 0 Å². The van der Waals surface area contributed by atoms with E-state index in [1.807, 2.05) is 0 Å². The first kappa shape index (κ1) is 15.0. The van der Waals surface area contributed by atoms with Gasteiger partial charge in [0, 0.05) is 13.0 Å². The van der Waals surface area contributed by atoms with Gasteiger partial charge in [-0.15, -0.1) is 0 Å². The van der Waals surface area contributed by atoms with Crippen LogP contribution in [0.4, 0.5) is 4.39 Å². The maximum absolute atomic E-state index is 13.2. The number of nitrogens with zero attached hydrogens (tertiary/aromatic N) is 1. The van der Waals surface area contributed by atoms with Gasteiger partial charge in [0.25, 0.3) is 0 Å². The second kappa shape index (κ2) is 6.07. The molecule has 1 saturated heterocycles. The van der Waals surface area contributed by atoms with E-state index in [1.165, 1.54) is 12.1 Å². The molecule has 1 aromatic rings. The van der Waals surface area contributed by atoms with Gasteiger partial charge in [0.15, 0.2) is 0 Å². The zero-order valence-electron chi connectivity index (χ0n) is 12.5. The molecule has 22 heavy (non-hydrogen) atoms.